The maximum absolute atomic E-state index is 13.4. The second-order valence-electron chi connectivity index (χ2n) is 8.01. The van der Waals surface area contributed by atoms with Crippen LogP contribution in [-0.2, 0) is 23.1 Å². The summed E-state index contributed by atoms with van der Waals surface area (Å²) < 4.78 is 13.4. The summed E-state index contributed by atoms with van der Waals surface area (Å²) in [5.74, 6) is -0.214. The second-order valence-corrected chi connectivity index (χ2v) is 9.32. The molecule has 0 aliphatic rings. The van der Waals surface area contributed by atoms with Gasteiger partial charge in [0.15, 0.2) is 5.16 Å². The Morgan fingerprint density at radius 1 is 1.26 bits per heavy atom. The van der Waals surface area contributed by atoms with Crippen LogP contribution in [0, 0.1) is 13.8 Å². The number of ether oxygens (including phenoxy) is 1. The van der Waals surface area contributed by atoms with Crippen LogP contribution in [0.4, 0.5) is 5.69 Å². The van der Waals surface area contributed by atoms with Gasteiger partial charge in [-0.05, 0) is 51.1 Å². The van der Waals surface area contributed by atoms with E-state index in [4.69, 9.17) is 9.15 Å². The molecule has 35 heavy (non-hydrogen) atoms. The molecule has 4 aromatic rings. The number of amides is 1. The first-order valence-electron chi connectivity index (χ1n) is 10.8. The smallest absolute Gasteiger partial charge is 0.337 e. The first-order valence-corrected chi connectivity index (χ1v) is 11.7. The van der Waals surface area contributed by atoms with Crippen LogP contribution >= 0.6 is 11.8 Å². The fraction of sp³-hybridized carbons (Fsp3) is 0.292. The molecule has 0 aliphatic carbocycles. The van der Waals surface area contributed by atoms with Crippen molar-refractivity contribution in [1.82, 2.24) is 19.3 Å². The van der Waals surface area contributed by atoms with E-state index in [1.807, 2.05) is 20.9 Å². The molecule has 1 unspecified atom stereocenters. The average molecular weight is 496 g/mol. The quantitative estimate of drug-likeness (QED) is 0.236. The summed E-state index contributed by atoms with van der Waals surface area (Å²) in [5.41, 5.74) is 2.51. The first-order chi connectivity index (χ1) is 16.7. The van der Waals surface area contributed by atoms with Crippen molar-refractivity contribution in [2.45, 2.75) is 37.7 Å². The largest absolute Gasteiger partial charge is 0.467 e. The number of furan rings is 1. The molecule has 3 aromatic heterocycles. The van der Waals surface area contributed by atoms with Gasteiger partial charge in [-0.2, -0.15) is 5.10 Å². The van der Waals surface area contributed by atoms with Crippen LogP contribution in [0.5, 0.6) is 0 Å². The predicted molar refractivity (Wildman–Crippen MR) is 132 cm³/mol. The van der Waals surface area contributed by atoms with Gasteiger partial charge in [-0.1, -0.05) is 11.8 Å². The maximum atomic E-state index is 13.4. The van der Waals surface area contributed by atoms with E-state index in [-0.39, 0.29) is 23.6 Å². The normalized spacial score (nSPS) is 12.0. The molecule has 1 amide bonds. The van der Waals surface area contributed by atoms with Crippen molar-refractivity contribution in [3.8, 4) is 0 Å². The third-order valence-electron chi connectivity index (χ3n) is 5.64. The number of hydrogen-bond acceptors (Lipinski definition) is 8. The third kappa shape index (κ3) is 4.85. The Bertz CT molecular complexity index is 1470. The van der Waals surface area contributed by atoms with Crippen molar-refractivity contribution >= 4 is 40.2 Å². The zero-order valence-corrected chi connectivity index (χ0v) is 20.8. The number of rotatable bonds is 7. The van der Waals surface area contributed by atoms with Crippen molar-refractivity contribution in [1.29, 1.82) is 0 Å². The lowest BCUT2D eigenvalue weighted by Gasteiger charge is -2.16. The van der Waals surface area contributed by atoms with Crippen LogP contribution in [0.25, 0.3) is 10.9 Å². The van der Waals surface area contributed by atoms with E-state index >= 15 is 0 Å². The van der Waals surface area contributed by atoms with Gasteiger partial charge in [0.05, 0.1) is 58.7 Å². The molecule has 1 N–H and O–H groups in total. The molecular formula is C24H25N5O5S. The molecule has 11 heteroatoms. The fourth-order valence-electron chi connectivity index (χ4n) is 3.62. The molecule has 4 rings (SSSR count). The predicted octanol–water partition coefficient (Wildman–Crippen LogP) is 3.29. The Labute approximate surface area is 205 Å². The lowest BCUT2D eigenvalue weighted by atomic mass is 10.1. The minimum absolute atomic E-state index is 0.144. The molecule has 0 saturated heterocycles. The van der Waals surface area contributed by atoms with Crippen LogP contribution in [0.2, 0.25) is 0 Å². The van der Waals surface area contributed by atoms with E-state index in [9.17, 15) is 14.4 Å². The van der Waals surface area contributed by atoms with Gasteiger partial charge in [0.25, 0.3) is 5.56 Å². The monoisotopic (exact) mass is 495 g/mol. The Balaban J connectivity index is 1.72. The summed E-state index contributed by atoms with van der Waals surface area (Å²) in [5, 5.41) is 7.33. The number of methoxy groups -OCH3 is 1. The van der Waals surface area contributed by atoms with E-state index < -0.39 is 11.2 Å². The van der Waals surface area contributed by atoms with Crippen molar-refractivity contribution in [2.75, 3.05) is 12.4 Å². The molecule has 0 spiro atoms. The number of carbonyl (C=O) groups is 2. The molecule has 3 heterocycles. The zero-order valence-electron chi connectivity index (χ0n) is 20.0. The molecule has 0 saturated carbocycles. The lowest BCUT2D eigenvalue weighted by Crippen LogP contribution is -2.27. The van der Waals surface area contributed by atoms with Gasteiger partial charge in [0, 0.05) is 7.05 Å². The number of carbonyl (C=O) groups excluding carboxylic acids is 2. The second kappa shape index (κ2) is 9.79. The highest BCUT2D eigenvalue weighted by atomic mass is 32.2. The highest BCUT2D eigenvalue weighted by molar-refractivity contribution is 8.00. The molecule has 0 radical (unpaired) electrons. The average Bonchev–Trinajstić information content (AvgIpc) is 3.44. The number of hydrogen-bond donors (Lipinski definition) is 1. The van der Waals surface area contributed by atoms with Crippen LogP contribution in [-0.4, -0.2) is 43.6 Å². The Morgan fingerprint density at radius 3 is 2.66 bits per heavy atom. The summed E-state index contributed by atoms with van der Waals surface area (Å²) in [6.07, 6.45) is 1.53. The van der Waals surface area contributed by atoms with Gasteiger partial charge < -0.3 is 14.5 Å². The highest BCUT2D eigenvalue weighted by Gasteiger charge is 2.22. The van der Waals surface area contributed by atoms with Crippen molar-refractivity contribution in [3.63, 3.8) is 0 Å². The van der Waals surface area contributed by atoms with E-state index in [2.05, 4.69) is 15.4 Å². The van der Waals surface area contributed by atoms with Gasteiger partial charge in [-0.15, -0.1) is 0 Å². The van der Waals surface area contributed by atoms with Crippen LogP contribution in [0.3, 0.4) is 0 Å². The van der Waals surface area contributed by atoms with Crippen LogP contribution in [0.1, 0.15) is 34.4 Å². The van der Waals surface area contributed by atoms with Gasteiger partial charge in [0.2, 0.25) is 5.91 Å². The van der Waals surface area contributed by atoms with E-state index in [0.717, 1.165) is 17.5 Å². The highest BCUT2D eigenvalue weighted by Crippen LogP contribution is 2.26. The Morgan fingerprint density at radius 2 is 2.03 bits per heavy atom. The SMILES string of the molecule is COC(=O)c1ccc2c(=O)n(Cc3ccco3)c(SC(C)C(=O)Nc3c(C)nn(C)c3C)nc2c1. The van der Waals surface area contributed by atoms with Crippen molar-refractivity contribution in [2.24, 2.45) is 7.05 Å². The minimum atomic E-state index is -0.593. The minimum Gasteiger partial charge on any atom is -0.467 e. The molecule has 1 aromatic carbocycles. The molecule has 0 aliphatic heterocycles. The topological polar surface area (TPSA) is 121 Å². The summed E-state index contributed by atoms with van der Waals surface area (Å²) in [7, 11) is 3.10. The summed E-state index contributed by atoms with van der Waals surface area (Å²) >= 11 is 1.14. The van der Waals surface area contributed by atoms with Gasteiger partial charge in [-0.3, -0.25) is 18.8 Å². The summed E-state index contributed by atoms with van der Waals surface area (Å²) in [6, 6.07) is 8.08. The Kier molecular flexibility index (Phi) is 6.79. The number of benzene rings is 1. The number of anilines is 1. The molecule has 0 bridgehead atoms. The summed E-state index contributed by atoms with van der Waals surface area (Å²) in [4.78, 5) is 43.1. The summed E-state index contributed by atoms with van der Waals surface area (Å²) in [6.45, 7) is 5.58. The van der Waals surface area contributed by atoms with E-state index in [1.54, 1.807) is 29.8 Å². The number of nitrogens with one attached hydrogen (secondary N) is 1. The standard InChI is InChI=1S/C24H25N5O5S/c1-13-20(14(2)28(4)27-13)26-21(30)15(3)35-24-25-19-11-16(23(32)33-5)8-9-18(19)22(31)29(24)12-17-7-6-10-34-17/h6-11,15H,12H2,1-5H3,(H,26,30). The molecule has 182 valence electrons. The van der Waals surface area contributed by atoms with Gasteiger partial charge >= 0.3 is 5.97 Å². The number of fused-ring (bicyclic) bond motifs is 1. The van der Waals surface area contributed by atoms with Crippen molar-refractivity contribution in [3.05, 3.63) is 69.7 Å². The zero-order chi connectivity index (χ0) is 25.3. The molecular weight excluding hydrogens is 470 g/mol. The molecule has 10 nitrogen and oxygen atoms in total. The number of aromatic nitrogens is 4. The van der Waals surface area contributed by atoms with E-state index in [1.165, 1.54) is 30.1 Å². The lowest BCUT2D eigenvalue weighted by molar-refractivity contribution is -0.115. The molecule has 0 fully saturated rings. The van der Waals surface area contributed by atoms with Gasteiger partial charge in [-0.25, -0.2) is 9.78 Å². The van der Waals surface area contributed by atoms with E-state index in [0.29, 0.717) is 33.2 Å². The van der Waals surface area contributed by atoms with Crippen LogP contribution < -0.4 is 10.9 Å². The fourth-order valence-corrected chi connectivity index (χ4v) is 4.53. The Hall–Kier alpha value is -3.86. The van der Waals surface area contributed by atoms with Crippen LogP contribution in [0.15, 0.2) is 51.0 Å². The maximum Gasteiger partial charge on any atom is 0.337 e. The van der Waals surface area contributed by atoms with Gasteiger partial charge in [0.1, 0.15) is 5.76 Å². The number of thioether (sulfide) groups is 1. The third-order valence-corrected chi connectivity index (χ3v) is 6.73. The number of nitrogens with zero attached hydrogens (tertiary/aromatic N) is 4. The van der Waals surface area contributed by atoms with Crippen molar-refractivity contribution < 1.29 is 18.7 Å². The number of aryl methyl sites for hydroxylation is 2. The first kappa shape index (κ1) is 24.3. The number of esters is 1. The molecule has 1 atom stereocenters.